The van der Waals surface area contributed by atoms with Crippen LogP contribution in [0.1, 0.15) is 31.8 Å². The quantitative estimate of drug-likeness (QED) is 0.233. The van der Waals surface area contributed by atoms with Gasteiger partial charge in [-0.25, -0.2) is 9.59 Å². The van der Waals surface area contributed by atoms with Gasteiger partial charge in [0.15, 0.2) is 0 Å². The van der Waals surface area contributed by atoms with Gasteiger partial charge in [-0.2, -0.15) is 0 Å². The van der Waals surface area contributed by atoms with Gasteiger partial charge in [-0.15, -0.1) is 0 Å². The van der Waals surface area contributed by atoms with Gasteiger partial charge in [0.25, 0.3) is 0 Å². The molecular weight excluding hydrogens is 464 g/mol. The number of rotatable bonds is 11. The van der Waals surface area contributed by atoms with Crippen LogP contribution in [0.2, 0.25) is 0 Å². The SMILES string of the molecule is O=C(O)c1ccc2cc(OCCOc3ccc4c(CCO)c(C(=O)O)ccc4c3)ccc2c1CCO. The maximum atomic E-state index is 11.5. The summed E-state index contributed by atoms with van der Waals surface area (Å²) >= 11 is 0. The van der Waals surface area contributed by atoms with E-state index in [4.69, 9.17) is 9.47 Å². The van der Waals surface area contributed by atoms with E-state index >= 15 is 0 Å². The average Bonchev–Trinajstić information content (AvgIpc) is 2.86. The molecule has 36 heavy (non-hydrogen) atoms. The Morgan fingerprint density at radius 3 is 1.39 bits per heavy atom. The Morgan fingerprint density at radius 2 is 1.03 bits per heavy atom. The van der Waals surface area contributed by atoms with Gasteiger partial charge in [0.05, 0.1) is 11.1 Å². The molecule has 4 rings (SSSR count). The van der Waals surface area contributed by atoms with Crippen LogP contribution in [-0.2, 0) is 12.8 Å². The molecule has 0 spiro atoms. The van der Waals surface area contributed by atoms with Gasteiger partial charge < -0.3 is 29.9 Å². The highest BCUT2D eigenvalue weighted by Crippen LogP contribution is 2.29. The van der Waals surface area contributed by atoms with Gasteiger partial charge in [-0.1, -0.05) is 24.3 Å². The van der Waals surface area contributed by atoms with Crippen LogP contribution in [0.4, 0.5) is 0 Å². The summed E-state index contributed by atoms with van der Waals surface area (Å²) < 4.78 is 11.6. The van der Waals surface area contributed by atoms with E-state index in [-0.39, 0.29) is 50.4 Å². The van der Waals surface area contributed by atoms with E-state index in [1.807, 2.05) is 12.1 Å². The second kappa shape index (κ2) is 11.1. The van der Waals surface area contributed by atoms with E-state index in [9.17, 15) is 30.0 Å². The third kappa shape index (κ3) is 5.25. The highest BCUT2D eigenvalue weighted by atomic mass is 16.5. The van der Waals surface area contributed by atoms with Crippen molar-refractivity contribution in [3.63, 3.8) is 0 Å². The minimum Gasteiger partial charge on any atom is -0.490 e. The number of ether oxygens (including phenoxy) is 2. The summed E-state index contributed by atoms with van der Waals surface area (Å²) in [5, 5.41) is 40.7. The number of hydrogen-bond donors (Lipinski definition) is 4. The van der Waals surface area contributed by atoms with Gasteiger partial charge in [0, 0.05) is 13.2 Å². The van der Waals surface area contributed by atoms with Crippen molar-refractivity contribution in [1.82, 2.24) is 0 Å². The molecule has 0 aromatic heterocycles. The lowest BCUT2D eigenvalue weighted by atomic mass is 9.96. The van der Waals surface area contributed by atoms with Crippen molar-refractivity contribution in [2.24, 2.45) is 0 Å². The normalized spacial score (nSPS) is 11.1. The molecule has 0 aliphatic heterocycles. The maximum absolute atomic E-state index is 11.5. The number of carbonyl (C=O) groups is 2. The number of fused-ring (bicyclic) bond motifs is 2. The van der Waals surface area contributed by atoms with Crippen LogP contribution in [0, 0.1) is 0 Å². The standard InChI is InChI=1S/C28H26O8/c29-11-9-23-21-7-3-19(15-17(21)1-5-25(23)27(31)32)35-13-14-36-20-4-8-22-18(16-20)2-6-26(28(33)34)24(22)10-12-30/h1-8,15-16,29-30H,9-14H2,(H,31,32)(H,33,34). The van der Waals surface area contributed by atoms with E-state index in [1.165, 1.54) is 12.1 Å². The monoisotopic (exact) mass is 490 g/mol. The minimum atomic E-state index is -1.03. The van der Waals surface area contributed by atoms with Crippen LogP contribution in [0.3, 0.4) is 0 Å². The zero-order valence-corrected chi connectivity index (χ0v) is 19.4. The number of benzene rings is 4. The Bertz CT molecular complexity index is 1320. The molecule has 8 heteroatoms. The molecule has 0 radical (unpaired) electrons. The first-order valence-corrected chi connectivity index (χ1v) is 11.5. The van der Waals surface area contributed by atoms with Gasteiger partial charge in [-0.05, 0) is 81.9 Å². The first-order chi connectivity index (χ1) is 17.4. The number of hydrogen-bond acceptors (Lipinski definition) is 6. The Hall–Kier alpha value is -4.14. The zero-order valence-electron chi connectivity index (χ0n) is 19.4. The van der Waals surface area contributed by atoms with E-state index in [1.54, 1.807) is 36.4 Å². The molecular formula is C28H26O8. The van der Waals surface area contributed by atoms with E-state index < -0.39 is 11.9 Å². The molecule has 0 atom stereocenters. The van der Waals surface area contributed by atoms with Gasteiger partial charge in [-0.3, -0.25) is 0 Å². The molecule has 0 aliphatic carbocycles. The predicted molar refractivity (Wildman–Crippen MR) is 134 cm³/mol. The van der Waals surface area contributed by atoms with Crippen LogP contribution < -0.4 is 9.47 Å². The third-order valence-electron chi connectivity index (χ3n) is 6.01. The number of aliphatic hydroxyl groups is 2. The second-order valence-electron chi connectivity index (χ2n) is 8.20. The Labute approximate surface area is 206 Å². The Morgan fingerprint density at radius 1 is 0.611 bits per heavy atom. The van der Waals surface area contributed by atoms with Gasteiger partial charge in [0.2, 0.25) is 0 Å². The van der Waals surface area contributed by atoms with E-state index in [2.05, 4.69) is 0 Å². The van der Waals surface area contributed by atoms with E-state index in [0.29, 0.717) is 22.6 Å². The number of aliphatic hydroxyl groups excluding tert-OH is 2. The van der Waals surface area contributed by atoms with E-state index in [0.717, 1.165) is 21.5 Å². The molecule has 8 nitrogen and oxygen atoms in total. The molecule has 0 saturated heterocycles. The molecule has 0 saturated carbocycles. The van der Waals surface area contributed by atoms with Crippen LogP contribution >= 0.6 is 0 Å². The molecule has 0 bridgehead atoms. The number of carboxylic acids is 2. The lowest BCUT2D eigenvalue weighted by Crippen LogP contribution is -2.09. The van der Waals surface area contributed by atoms with Crippen molar-refractivity contribution in [3.8, 4) is 11.5 Å². The molecule has 0 fully saturated rings. The molecule has 4 aromatic rings. The summed E-state index contributed by atoms with van der Waals surface area (Å²) in [5.74, 6) is -0.841. The summed E-state index contributed by atoms with van der Waals surface area (Å²) in [6.07, 6.45) is 0.496. The number of carboxylic acid groups (broad SMARTS) is 2. The van der Waals surface area contributed by atoms with Gasteiger partial charge >= 0.3 is 11.9 Å². The molecule has 0 amide bonds. The first kappa shape index (κ1) is 25.0. The van der Waals surface area contributed by atoms with Crippen LogP contribution in [0.5, 0.6) is 11.5 Å². The van der Waals surface area contributed by atoms with Crippen LogP contribution in [0.25, 0.3) is 21.5 Å². The van der Waals surface area contributed by atoms with Crippen molar-refractivity contribution in [2.45, 2.75) is 12.8 Å². The first-order valence-electron chi connectivity index (χ1n) is 11.5. The molecule has 4 aromatic carbocycles. The van der Waals surface area contributed by atoms with Crippen molar-refractivity contribution < 1.29 is 39.5 Å². The van der Waals surface area contributed by atoms with Crippen LogP contribution in [0.15, 0.2) is 60.7 Å². The number of aromatic carboxylic acids is 2. The van der Waals surface area contributed by atoms with Crippen molar-refractivity contribution in [3.05, 3.63) is 82.9 Å². The zero-order chi connectivity index (χ0) is 25.7. The molecule has 4 N–H and O–H groups in total. The largest absolute Gasteiger partial charge is 0.490 e. The Kier molecular flexibility index (Phi) is 7.68. The topological polar surface area (TPSA) is 134 Å². The van der Waals surface area contributed by atoms with Crippen molar-refractivity contribution in [2.75, 3.05) is 26.4 Å². The summed E-state index contributed by atoms with van der Waals surface area (Å²) in [5.41, 5.74) is 1.53. The fourth-order valence-corrected chi connectivity index (χ4v) is 4.41. The average molecular weight is 491 g/mol. The van der Waals surface area contributed by atoms with Crippen LogP contribution in [-0.4, -0.2) is 58.8 Å². The lowest BCUT2D eigenvalue weighted by Gasteiger charge is -2.13. The summed E-state index contributed by atoms with van der Waals surface area (Å²) in [6, 6.07) is 17.3. The van der Waals surface area contributed by atoms with Gasteiger partial charge in [0.1, 0.15) is 24.7 Å². The van der Waals surface area contributed by atoms with Crippen molar-refractivity contribution >= 4 is 33.5 Å². The highest BCUT2D eigenvalue weighted by Gasteiger charge is 2.15. The minimum absolute atomic E-state index is 0.146. The summed E-state index contributed by atoms with van der Waals surface area (Å²) in [7, 11) is 0. The lowest BCUT2D eigenvalue weighted by molar-refractivity contribution is 0.0684. The maximum Gasteiger partial charge on any atom is 0.335 e. The second-order valence-corrected chi connectivity index (χ2v) is 8.20. The molecule has 186 valence electrons. The highest BCUT2D eigenvalue weighted by molar-refractivity contribution is 5.99. The predicted octanol–water partition coefficient (Wildman–Crippen LogP) is 3.92. The smallest absolute Gasteiger partial charge is 0.335 e. The molecule has 0 unspecified atom stereocenters. The fraction of sp³-hybridized carbons (Fsp3) is 0.214. The molecule has 0 heterocycles. The summed E-state index contributed by atoms with van der Waals surface area (Å²) in [6.45, 7) is 0.252. The van der Waals surface area contributed by atoms with Crippen molar-refractivity contribution in [1.29, 1.82) is 0 Å². The third-order valence-corrected chi connectivity index (χ3v) is 6.01. The fourth-order valence-electron chi connectivity index (χ4n) is 4.41. The Balaban J connectivity index is 1.43. The summed E-state index contributed by atoms with van der Waals surface area (Å²) in [4.78, 5) is 23.0. The molecule has 0 aliphatic rings.